The Kier molecular flexibility index (Phi) is 4.23. The highest BCUT2D eigenvalue weighted by Crippen LogP contribution is 2.59. The summed E-state index contributed by atoms with van der Waals surface area (Å²) in [6.45, 7) is 10.6. The zero-order chi connectivity index (χ0) is 14.8. The molecular weight excluding hydrogens is 247 g/mol. The van der Waals surface area contributed by atoms with E-state index < -0.39 is 17.0 Å². The van der Waals surface area contributed by atoms with Crippen molar-refractivity contribution >= 4 is 5.97 Å². The van der Waals surface area contributed by atoms with E-state index in [-0.39, 0.29) is 5.83 Å². The summed E-state index contributed by atoms with van der Waals surface area (Å²) in [6, 6.07) is 0. The first-order valence-corrected chi connectivity index (χ1v) is 6.25. The zero-order valence-electron chi connectivity index (χ0n) is 12.2. The largest absolute Gasteiger partial charge is 0.489 e. The maximum Gasteiger partial charge on any atom is 0.337 e. The summed E-state index contributed by atoms with van der Waals surface area (Å²) in [6.07, 6.45) is 3.11. The summed E-state index contributed by atoms with van der Waals surface area (Å²) in [4.78, 5) is 11.7. The maximum absolute atomic E-state index is 14.4. The second-order valence-electron chi connectivity index (χ2n) is 5.14. The van der Waals surface area contributed by atoms with Crippen LogP contribution in [0.4, 0.5) is 4.39 Å². The smallest absolute Gasteiger partial charge is 0.337 e. The van der Waals surface area contributed by atoms with Gasteiger partial charge in [0.05, 0.1) is 12.7 Å². The molecule has 0 aromatic heterocycles. The minimum absolute atomic E-state index is 0.349. The van der Waals surface area contributed by atoms with E-state index in [4.69, 9.17) is 9.47 Å². The fourth-order valence-corrected chi connectivity index (χ4v) is 2.24. The first kappa shape index (κ1) is 15.5. The van der Waals surface area contributed by atoms with Gasteiger partial charge < -0.3 is 9.47 Å². The fraction of sp³-hybridized carbons (Fsp3) is 0.533. The van der Waals surface area contributed by atoms with Crippen molar-refractivity contribution in [3.63, 3.8) is 0 Å². The highest BCUT2D eigenvalue weighted by Gasteiger charge is 2.61. The summed E-state index contributed by atoms with van der Waals surface area (Å²) in [5, 5.41) is 0. The first-order chi connectivity index (χ1) is 8.76. The Hall–Kier alpha value is -1.58. The molecule has 1 aliphatic rings. The molecule has 19 heavy (non-hydrogen) atoms. The second kappa shape index (κ2) is 5.19. The van der Waals surface area contributed by atoms with Crippen molar-refractivity contribution in [3.8, 4) is 0 Å². The molecule has 0 spiro atoms. The average molecular weight is 268 g/mol. The molecule has 106 valence electrons. The monoisotopic (exact) mass is 268 g/mol. The first-order valence-electron chi connectivity index (χ1n) is 6.25. The van der Waals surface area contributed by atoms with Gasteiger partial charge in [-0.05, 0) is 33.3 Å². The third kappa shape index (κ3) is 2.20. The van der Waals surface area contributed by atoms with Crippen LogP contribution in [0.15, 0.2) is 35.9 Å². The molecule has 1 rings (SSSR count). The molecular formula is C15H21FO3. The van der Waals surface area contributed by atoms with Gasteiger partial charge in [0.25, 0.3) is 0 Å². The summed E-state index contributed by atoms with van der Waals surface area (Å²) in [5.74, 6) is -0.503. The molecule has 1 aliphatic heterocycles. The standard InChI is InChI=1S/C15H21FO3/c1-7-9-11(16)15(5)12(19-14(15,3)4)10(8-2)13(17)18-6/h7,9H,1,8H2,2-6H3/b11-9+,12-10-/t15-/m0/s1. The van der Waals surface area contributed by atoms with E-state index in [1.165, 1.54) is 19.3 Å². The molecule has 0 N–H and O–H groups in total. The van der Waals surface area contributed by atoms with E-state index >= 15 is 0 Å². The molecule has 0 unspecified atom stereocenters. The van der Waals surface area contributed by atoms with Crippen molar-refractivity contribution in [3.05, 3.63) is 35.9 Å². The Morgan fingerprint density at radius 1 is 1.47 bits per heavy atom. The molecule has 4 heteroatoms. The predicted molar refractivity (Wildman–Crippen MR) is 72.0 cm³/mol. The van der Waals surface area contributed by atoms with Crippen molar-refractivity contribution in [2.75, 3.05) is 7.11 Å². The van der Waals surface area contributed by atoms with Crippen LogP contribution in [0.1, 0.15) is 34.1 Å². The lowest BCUT2D eigenvalue weighted by Crippen LogP contribution is -2.57. The van der Waals surface area contributed by atoms with Gasteiger partial charge >= 0.3 is 5.97 Å². The average Bonchev–Trinajstić information content (AvgIpc) is 2.37. The number of hydrogen-bond acceptors (Lipinski definition) is 3. The number of halogens is 1. The third-order valence-electron chi connectivity index (χ3n) is 3.82. The number of allylic oxidation sites excluding steroid dienone is 2. The summed E-state index contributed by atoms with van der Waals surface area (Å²) < 4.78 is 24.7. The molecule has 0 radical (unpaired) electrons. The quantitative estimate of drug-likeness (QED) is 0.443. The van der Waals surface area contributed by atoms with Gasteiger partial charge in [-0.2, -0.15) is 0 Å². The topological polar surface area (TPSA) is 35.5 Å². The van der Waals surface area contributed by atoms with Crippen molar-refractivity contribution in [1.82, 2.24) is 0 Å². The molecule has 1 heterocycles. The van der Waals surface area contributed by atoms with Crippen molar-refractivity contribution in [2.24, 2.45) is 5.41 Å². The van der Waals surface area contributed by atoms with Crippen LogP contribution in [-0.4, -0.2) is 18.7 Å². The normalized spacial score (nSPS) is 28.0. The predicted octanol–water partition coefficient (Wildman–Crippen LogP) is 3.68. The van der Waals surface area contributed by atoms with E-state index in [2.05, 4.69) is 6.58 Å². The lowest BCUT2D eigenvalue weighted by Gasteiger charge is -2.55. The maximum atomic E-state index is 14.4. The number of esters is 1. The van der Waals surface area contributed by atoms with Crippen molar-refractivity contribution in [1.29, 1.82) is 0 Å². The number of carbonyl (C=O) groups is 1. The van der Waals surface area contributed by atoms with Gasteiger partial charge in [0.1, 0.15) is 22.6 Å². The van der Waals surface area contributed by atoms with Crippen LogP contribution in [-0.2, 0) is 14.3 Å². The zero-order valence-corrected chi connectivity index (χ0v) is 12.2. The highest BCUT2D eigenvalue weighted by atomic mass is 19.1. The summed E-state index contributed by atoms with van der Waals surface area (Å²) >= 11 is 0. The summed E-state index contributed by atoms with van der Waals surface area (Å²) in [5.41, 5.74) is -1.32. The van der Waals surface area contributed by atoms with Crippen molar-refractivity contribution < 1.29 is 18.7 Å². The Labute approximate surface area is 113 Å². The van der Waals surface area contributed by atoms with E-state index in [1.807, 2.05) is 6.92 Å². The van der Waals surface area contributed by atoms with Gasteiger partial charge in [-0.25, -0.2) is 9.18 Å². The molecule has 3 nitrogen and oxygen atoms in total. The van der Waals surface area contributed by atoms with Gasteiger partial charge in [-0.3, -0.25) is 0 Å². The lowest BCUT2D eigenvalue weighted by atomic mass is 9.66. The van der Waals surface area contributed by atoms with Crippen molar-refractivity contribution in [2.45, 2.75) is 39.7 Å². The van der Waals surface area contributed by atoms with Gasteiger partial charge in [0.2, 0.25) is 0 Å². The van der Waals surface area contributed by atoms with Gasteiger partial charge in [-0.1, -0.05) is 19.6 Å². The fourth-order valence-electron chi connectivity index (χ4n) is 2.24. The molecule has 0 aromatic rings. The van der Waals surface area contributed by atoms with E-state index in [9.17, 15) is 9.18 Å². The van der Waals surface area contributed by atoms with Crippen LogP contribution in [0.25, 0.3) is 0 Å². The van der Waals surface area contributed by atoms with E-state index in [1.54, 1.807) is 20.8 Å². The van der Waals surface area contributed by atoms with Gasteiger partial charge in [-0.15, -0.1) is 0 Å². The minimum Gasteiger partial charge on any atom is -0.489 e. The molecule has 1 saturated heterocycles. The molecule has 0 saturated carbocycles. The number of methoxy groups -OCH3 is 1. The Balaban J connectivity index is 3.39. The van der Waals surface area contributed by atoms with Gasteiger partial charge in [0, 0.05) is 0 Å². The Bertz CT molecular complexity index is 460. The van der Waals surface area contributed by atoms with E-state index in [0.29, 0.717) is 17.8 Å². The SMILES string of the molecule is C=C/C=C(/F)[C@@]1(C)/C(=C(\CC)C(=O)OC)OC1(C)C. The second-order valence-corrected chi connectivity index (χ2v) is 5.14. The molecule has 0 bridgehead atoms. The van der Waals surface area contributed by atoms with Crippen LogP contribution >= 0.6 is 0 Å². The third-order valence-corrected chi connectivity index (χ3v) is 3.82. The molecule has 1 fully saturated rings. The van der Waals surface area contributed by atoms with Crippen LogP contribution in [0.3, 0.4) is 0 Å². The van der Waals surface area contributed by atoms with Crippen LogP contribution in [0.2, 0.25) is 0 Å². The number of carbonyl (C=O) groups excluding carboxylic acids is 1. The molecule has 1 atom stereocenters. The van der Waals surface area contributed by atoms with Crippen LogP contribution in [0, 0.1) is 5.41 Å². The van der Waals surface area contributed by atoms with E-state index in [0.717, 1.165) is 0 Å². The molecule has 0 aromatic carbocycles. The number of rotatable bonds is 4. The molecule has 0 amide bonds. The lowest BCUT2D eigenvalue weighted by molar-refractivity contribution is -0.170. The minimum atomic E-state index is -0.972. The Morgan fingerprint density at radius 3 is 2.42 bits per heavy atom. The van der Waals surface area contributed by atoms with Crippen LogP contribution in [0.5, 0.6) is 0 Å². The number of hydrogen-bond donors (Lipinski definition) is 0. The number of ether oxygens (including phenoxy) is 2. The summed E-state index contributed by atoms with van der Waals surface area (Å²) in [7, 11) is 1.30. The van der Waals surface area contributed by atoms with Crippen LogP contribution < -0.4 is 0 Å². The highest BCUT2D eigenvalue weighted by molar-refractivity contribution is 5.89. The molecule has 0 aliphatic carbocycles. The van der Waals surface area contributed by atoms with Gasteiger partial charge in [0.15, 0.2) is 0 Å². The Morgan fingerprint density at radius 2 is 2.05 bits per heavy atom.